The smallest absolute Gasteiger partial charge is 0.379 e. The van der Waals surface area contributed by atoms with Gasteiger partial charge in [-0.3, -0.25) is 10.2 Å². The number of fused-ring (bicyclic) bond motifs is 1. The maximum absolute atomic E-state index is 13.0. The van der Waals surface area contributed by atoms with Crippen molar-refractivity contribution in [2.45, 2.75) is 25.8 Å². The largest absolute Gasteiger partial charge is 0.417 e. The van der Waals surface area contributed by atoms with Crippen molar-refractivity contribution in [1.82, 2.24) is 15.0 Å². The topological polar surface area (TPSA) is 71.0 Å². The van der Waals surface area contributed by atoms with E-state index in [2.05, 4.69) is 27.6 Å². The zero-order valence-corrected chi connectivity index (χ0v) is 15.6. The van der Waals surface area contributed by atoms with Crippen LogP contribution in [0, 0.1) is 0 Å². The molecule has 0 radical (unpaired) electrons. The molecule has 1 aromatic carbocycles. The Morgan fingerprint density at radius 1 is 1.34 bits per heavy atom. The highest BCUT2D eigenvalue weighted by Gasteiger charge is 2.34. The van der Waals surface area contributed by atoms with Crippen molar-refractivity contribution in [3.05, 3.63) is 94.1 Å². The summed E-state index contributed by atoms with van der Waals surface area (Å²) in [7, 11) is 0. The Morgan fingerprint density at radius 2 is 2.07 bits per heavy atom. The minimum atomic E-state index is -4.57. The lowest BCUT2D eigenvalue weighted by atomic mass is 10.2. The number of rotatable bonds is 6. The molecule has 2 aromatic rings. The van der Waals surface area contributed by atoms with Gasteiger partial charge in [0.2, 0.25) is 5.95 Å². The van der Waals surface area contributed by atoms with Gasteiger partial charge in [0.15, 0.2) is 0 Å². The molecule has 0 spiro atoms. The average Bonchev–Trinajstić information content (AvgIpc) is 3.12. The van der Waals surface area contributed by atoms with Crippen LogP contribution in [-0.2, 0) is 6.54 Å². The lowest BCUT2D eigenvalue weighted by molar-refractivity contribution is -0.0895. The minimum absolute atomic E-state index is 0.0702. The van der Waals surface area contributed by atoms with Crippen LogP contribution in [0.5, 0.6) is 0 Å². The second kappa shape index (κ2) is 8.26. The van der Waals surface area contributed by atoms with Crippen molar-refractivity contribution in [2.24, 2.45) is 0 Å². The van der Waals surface area contributed by atoms with E-state index in [4.69, 9.17) is 0 Å². The molecule has 0 saturated heterocycles. The number of aromatic nitrogens is 2. The zero-order chi connectivity index (χ0) is 21.0. The summed E-state index contributed by atoms with van der Waals surface area (Å²) in [6, 6.07) is 10.7. The quantitative estimate of drug-likeness (QED) is 0.644. The van der Waals surface area contributed by atoms with E-state index in [0.29, 0.717) is 5.69 Å². The molecule has 0 fully saturated rings. The highest BCUT2D eigenvalue weighted by Crippen LogP contribution is 2.29. The highest BCUT2D eigenvalue weighted by molar-refractivity contribution is 5.41. The molecule has 9 heteroatoms. The predicted octanol–water partition coefficient (Wildman–Crippen LogP) is 3.58. The number of alkyl halides is 3. The molecule has 29 heavy (non-hydrogen) atoms. The van der Waals surface area contributed by atoms with Crippen molar-refractivity contribution < 1.29 is 13.2 Å². The number of nitrogens with one attached hydrogen (secondary N) is 3. The van der Waals surface area contributed by atoms with E-state index in [-0.39, 0.29) is 29.9 Å². The molecular weight excluding hydrogens is 383 g/mol. The van der Waals surface area contributed by atoms with Crippen LogP contribution in [0.1, 0.15) is 24.3 Å². The van der Waals surface area contributed by atoms with Crippen LogP contribution < -0.4 is 21.6 Å². The number of allylic oxidation sites excluding steroid dienone is 4. The maximum atomic E-state index is 13.0. The molecule has 1 aliphatic heterocycles. The molecule has 3 rings (SSSR count). The van der Waals surface area contributed by atoms with Gasteiger partial charge in [-0.1, -0.05) is 49.1 Å². The fourth-order valence-corrected chi connectivity index (χ4v) is 2.73. The van der Waals surface area contributed by atoms with Crippen molar-refractivity contribution >= 4 is 5.95 Å². The molecule has 0 saturated carbocycles. The van der Waals surface area contributed by atoms with Gasteiger partial charge in [0.05, 0.1) is 17.8 Å². The molecule has 0 amide bonds. The van der Waals surface area contributed by atoms with E-state index < -0.39 is 11.7 Å². The number of anilines is 1. The number of halogens is 3. The van der Waals surface area contributed by atoms with Gasteiger partial charge in [-0.05, 0) is 18.6 Å². The molecule has 3 N–H and O–H groups in total. The predicted molar refractivity (Wildman–Crippen MR) is 106 cm³/mol. The summed E-state index contributed by atoms with van der Waals surface area (Å²) in [5, 5.41) is 5.76. The van der Waals surface area contributed by atoms with E-state index in [0.717, 1.165) is 5.56 Å². The average molecular weight is 403 g/mol. The second-order valence-corrected chi connectivity index (χ2v) is 6.30. The van der Waals surface area contributed by atoms with Crippen LogP contribution in [-0.4, -0.2) is 15.8 Å². The molecule has 6 nitrogen and oxygen atoms in total. The van der Waals surface area contributed by atoms with Gasteiger partial charge < -0.3 is 10.6 Å². The van der Waals surface area contributed by atoms with Gasteiger partial charge in [-0.15, -0.1) is 0 Å². The van der Waals surface area contributed by atoms with Gasteiger partial charge in [0.1, 0.15) is 6.17 Å². The van der Waals surface area contributed by atoms with Crippen LogP contribution in [0.25, 0.3) is 0 Å². The molecule has 2 heterocycles. The fraction of sp³-hybridized carbons (Fsp3) is 0.200. The zero-order valence-electron chi connectivity index (χ0n) is 15.6. The van der Waals surface area contributed by atoms with Crippen LogP contribution in [0.4, 0.5) is 19.1 Å². The Kier molecular flexibility index (Phi) is 5.76. The van der Waals surface area contributed by atoms with E-state index in [1.54, 1.807) is 13.0 Å². The summed E-state index contributed by atoms with van der Waals surface area (Å²) in [4.78, 5) is 16.7. The van der Waals surface area contributed by atoms with E-state index in [1.165, 1.54) is 22.9 Å². The summed E-state index contributed by atoms with van der Waals surface area (Å²) in [5.41, 5.74) is 2.65. The number of hydrogen-bond acceptors (Lipinski definition) is 5. The highest BCUT2D eigenvalue weighted by atomic mass is 19.4. The van der Waals surface area contributed by atoms with Crippen LogP contribution in [0.15, 0.2) is 77.3 Å². The van der Waals surface area contributed by atoms with Crippen molar-refractivity contribution in [1.29, 1.82) is 0 Å². The molecule has 152 valence electrons. The van der Waals surface area contributed by atoms with Crippen LogP contribution >= 0.6 is 0 Å². The summed E-state index contributed by atoms with van der Waals surface area (Å²) in [6.45, 7) is 4.73. The standard InChI is InChI=1S/C20H20F3N5O/c1-3-4-10-16(13(2)20(21,22)23)24-12-15-11-17(29)28-19(25-15)26-18(27-28)14-8-6-5-7-9-14/h3-11,18,24,27H,2,12H2,1H3,(H,25,26)/b4-3-,16-10+. The van der Waals surface area contributed by atoms with Gasteiger partial charge in [0.25, 0.3) is 5.56 Å². The van der Waals surface area contributed by atoms with Crippen molar-refractivity contribution in [3.8, 4) is 0 Å². The van der Waals surface area contributed by atoms with Gasteiger partial charge in [-0.2, -0.15) is 17.8 Å². The Balaban J connectivity index is 1.78. The van der Waals surface area contributed by atoms with Gasteiger partial charge in [0, 0.05) is 11.8 Å². The first-order chi connectivity index (χ1) is 13.8. The number of hydrogen-bond donors (Lipinski definition) is 3. The van der Waals surface area contributed by atoms with E-state index in [9.17, 15) is 18.0 Å². The Labute approximate surface area is 165 Å². The molecule has 1 aromatic heterocycles. The van der Waals surface area contributed by atoms with E-state index in [1.807, 2.05) is 30.3 Å². The fourth-order valence-electron chi connectivity index (χ4n) is 2.73. The molecule has 1 atom stereocenters. The third kappa shape index (κ3) is 4.68. The molecule has 1 unspecified atom stereocenters. The van der Waals surface area contributed by atoms with Gasteiger partial charge >= 0.3 is 6.18 Å². The molecule has 0 aliphatic carbocycles. The Morgan fingerprint density at radius 3 is 2.72 bits per heavy atom. The van der Waals surface area contributed by atoms with Crippen molar-refractivity contribution in [3.63, 3.8) is 0 Å². The first kappa shape index (κ1) is 20.2. The summed E-state index contributed by atoms with van der Waals surface area (Å²) in [6.07, 6.45) is -0.555. The summed E-state index contributed by atoms with van der Waals surface area (Å²) in [5.74, 6) is 0.289. The van der Waals surface area contributed by atoms with Crippen LogP contribution in [0.3, 0.4) is 0 Å². The number of nitrogens with zero attached hydrogens (tertiary/aromatic N) is 2. The molecular formula is C20H20F3N5O. The normalized spacial score (nSPS) is 16.3. The first-order valence-corrected chi connectivity index (χ1v) is 8.84. The van der Waals surface area contributed by atoms with E-state index >= 15 is 0 Å². The SMILES string of the molecule is C=C(/C(=C\C=C/C)NCc1cc(=O)n2c(n1)NC(c1ccccc1)N2)C(F)(F)F. The second-order valence-electron chi connectivity index (χ2n) is 6.30. The Hall–Kier alpha value is -3.49. The molecule has 0 bridgehead atoms. The third-order valence-corrected chi connectivity index (χ3v) is 4.22. The Bertz CT molecular complexity index is 1010. The maximum Gasteiger partial charge on any atom is 0.417 e. The minimum Gasteiger partial charge on any atom is -0.379 e. The molecule has 1 aliphatic rings. The number of benzene rings is 1. The lowest BCUT2D eigenvalue weighted by Gasteiger charge is -2.15. The lowest BCUT2D eigenvalue weighted by Crippen LogP contribution is -2.28. The van der Waals surface area contributed by atoms with Crippen molar-refractivity contribution in [2.75, 3.05) is 10.7 Å². The first-order valence-electron chi connectivity index (χ1n) is 8.84. The monoisotopic (exact) mass is 403 g/mol. The van der Waals surface area contributed by atoms with Crippen LogP contribution in [0.2, 0.25) is 0 Å². The third-order valence-electron chi connectivity index (χ3n) is 4.22. The summed E-state index contributed by atoms with van der Waals surface area (Å²) >= 11 is 0. The summed E-state index contributed by atoms with van der Waals surface area (Å²) < 4.78 is 40.3. The van der Waals surface area contributed by atoms with Gasteiger partial charge in [-0.25, -0.2) is 4.98 Å².